The van der Waals surface area contributed by atoms with Gasteiger partial charge in [-0.05, 0) is 24.1 Å². The molecular weight excluding hydrogens is 226 g/mol. The third-order valence-corrected chi connectivity index (χ3v) is 3.25. The molecule has 2 heteroatoms. The van der Waals surface area contributed by atoms with E-state index in [1.54, 1.807) is 0 Å². The van der Waals surface area contributed by atoms with Crippen molar-refractivity contribution in [2.24, 2.45) is 5.73 Å². The van der Waals surface area contributed by atoms with Crippen LogP contribution in [0.3, 0.4) is 0 Å². The van der Waals surface area contributed by atoms with Crippen LogP contribution in [-0.2, 0) is 5.41 Å². The van der Waals surface area contributed by atoms with E-state index >= 15 is 0 Å². The molecular formula is C11H16BrN. The standard InChI is InChI=1S/C11H16BrN/c1-3-11(2,8-13)9-5-4-6-10(12)7-9/h4-7H,3,8,13H2,1-2H3. The minimum Gasteiger partial charge on any atom is -0.330 e. The first-order valence-electron chi connectivity index (χ1n) is 4.58. The molecule has 1 atom stereocenters. The monoisotopic (exact) mass is 241 g/mol. The first-order valence-corrected chi connectivity index (χ1v) is 5.38. The second-order valence-corrected chi connectivity index (χ2v) is 4.54. The Hall–Kier alpha value is -0.340. The van der Waals surface area contributed by atoms with Gasteiger partial charge < -0.3 is 5.73 Å². The predicted octanol–water partition coefficient (Wildman–Crippen LogP) is 3.08. The maximum absolute atomic E-state index is 5.78. The van der Waals surface area contributed by atoms with E-state index in [0.717, 1.165) is 10.9 Å². The van der Waals surface area contributed by atoms with Gasteiger partial charge in [-0.2, -0.15) is 0 Å². The summed E-state index contributed by atoms with van der Waals surface area (Å²) in [5, 5.41) is 0. The van der Waals surface area contributed by atoms with Gasteiger partial charge in [0.2, 0.25) is 0 Å². The van der Waals surface area contributed by atoms with Crippen LogP contribution in [0.25, 0.3) is 0 Å². The zero-order valence-electron chi connectivity index (χ0n) is 8.18. The van der Waals surface area contributed by atoms with Gasteiger partial charge in [-0.15, -0.1) is 0 Å². The minimum absolute atomic E-state index is 0.115. The Morgan fingerprint density at radius 2 is 2.15 bits per heavy atom. The SMILES string of the molecule is CCC(C)(CN)c1cccc(Br)c1. The Bertz CT molecular complexity index is 279. The zero-order chi connectivity index (χ0) is 9.90. The fraction of sp³-hybridized carbons (Fsp3) is 0.455. The highest BCUT2D eigenvalue weighted by atomic mass is 79.9. The van der Waals surface area contributed by atoms with Crippen molar-refractivity contribution >= 4 is 15.9 Å². The number of benzene rings is 1. The molecule has 1 nitrogen and oxygen atoms in total. The molecule has 0 aliphatic rings. The molecule has 72 valence electrons. The molecule has 0 heterocycles. The largest absolute Gasteiger partial charge is 0.330 e. The molecule has 0 aromatic heterocycles. The van der Waals surface area contributed by atoms with Crippen molar-refractivity contribution < 1.29 is 0 Å². The van der Waals surface area contributed by atoms with Crippen LogP contribution < -0.4 is 5.73 Å². The topological polar surface area (TPSA) is 26.0 Å². The summed E-state index contributed by atoms with van der Waals surface area (Å²) in [7, 11) is 0. The first kappa shape index (κ1) is 10.7. The summed E-state index contributed by atoms with van der Waals surface area (Å²) in [5.74, 6) is 0. The fourth-order valence-electron chi connectivity index (χ4n) is 1.33. The molecule has 1 aromatic rings. The van der Waals surface area contributed by atoms with Crippen molar-refractivity contribution in [2.75, 3.05) is 6.54 Å². The molecule has 0 radical (unpaired) electrons. The van der Waals surface area contributed by atoms with Gasteiger partial charge in [-0.3, -0.25) is 0 Å². The van der Waals surface area contributed by atoms with Crippen LogP contribution in [0.15, 0.2) is 28.7 Å². The maximum Gasteiger partial charge on any atom is 0.0178 e. The molecule has 13 heavy (non-hydrogen) atoms. The van der Waals surface area contributed by atoms with Gasteiger partial charge in [-0.1, -0.05) is 41.9 Å². The van der Waals surface area contributed by atoms with E-state index < -0.39 is 0 Å². The van der Waals surface area contributed by atoms with Gasteiger partial charge in [0.25, 0.3) is 0 Å². The molecule has 2 N–H and O–H groups in total. The lowest BCUT2D eigenvalue weighted by Gasteiger charge is -2.27. The van der Waals surface area contributed by atoms with Gasteiger partial charge in [0.1, 0.15) is 0 Å². The van der Waals surface area contributed by atoms with Crippen LogP contribution in [0.1, 0.15) is 25.8 Å². The Morgan fingerprint density at radius 3 is 2.62 bits per heavy atom. The van der Waals surface area contributed by atoms with E-state index in [2.05, 4.69) is 48.0 Å². The summed E-state index contributed by atoms with van der Waals surface area (Å²) in [6.45, 7) is 5.07. The number of halogens is 1. The summed E-state index contributed by atoms with van der Waals surface area (Å²) in [5.41, 5.74) is 7.21. The average molecular weight is 242 g/mol. The normalized spacial score (nSPS) is 15.4. The highest BCUT2D eigenvalue weighted by Gasteiger charge is 2.22. The van der Waals surface area contributed by atoms with E-state index in [9.17, 15) is 0 Å². The Labute approximate surface area is 88.5 Å². The van der Waals surface area contributed by atoms with Gasteiger partial charge in [0, 0.05) is 16.4 Å². The summed E-state index contributed by atoms with van der Waals surface area (Å²) in [4.78, 5) is 0. The maximum atomic E-state index is 5.78. The molecule has 1 unspecified atom stereocenters. The molecule has 0 spiro atoms. The molecule has 0 amide bonds. The predicted molar refractivity (Wildman–Crippen MR) is 60.8 cm³/mol. The van der Waals surface area contributed by atoms with Crippen LogP contribution >= 0.6 is 15.9 Å². The van der Waals surface area contributed by atoms with Crippen LogP contribution in [0.4, 0.5) is 0 Å². The lowest BCUT2D eigenvalue weighted by Crippen LogP contribution is -2.30. The van der Waals surface area contributed by atoms with Crippen molar-refractivity contribution in [1.82, 2.24) is 0 Å². The zero-order valence-corrected chi connectivity index (χ0v) is 9.76. The first-order chi connectivity index (χ1) is 6.12. The van der Waals surface area contributed by atoms with Crippen LogP contribution in [-0.4, -0.2) is 6.54 Å². The van der Waals surface area contributed by atoms with Gasteiger partial charge >= 0.3 is 0 Å². The third-order valence-electron chi connectivity index (χ3n) is 2.75. The second kappa shape index (κ2) is 4.25. The number of rotatable bonds is 3. The second-order valence-electron chi connectivity index (χ2n) is 3.63. The highest BCUT2D eigenvalue weighted by Crippen LogP contribution is 2.27. The van der Waals surface area contributed by atoms with Crippen LogP contribution in [0.5, 0.6) is 0 Å². The number of hydrogen-bond donors (Lipinski definition) is 1. The Kier molecular flexibility index (Phi) is 3.51. The summed E-state index contributed by atoms with van der Waals surface area (Å²) in [6.07, 6.45) is 1.07. The van der Waals surface area contributed by atoms with Crippen LogP contribution in [0, 0.1) is 0 Å². The van der Waals surface area contributed by atoms with E-state index in [4.69, 9.17) is 5.73 Å². The van der Waals surface area contributed by atoms with Crippen molar-refractivity contribution in [3.05, 3.63) is 34.3 Å². The molecule has 1 rings (SSSR count). The lowest BCUT2D eigenvalue weighted by atomic mass is 9.80. The van der Waals surface area contributed by atoms with E-state index in [0.29, 0.717) is 6.54 Å². The summed E-state index contributed by atoms with van der Waals surface area (Å²) < 4.78 is 1.12. The molecule has 0 aliphatic carbocycles. The van der Waals surface area contributed by atoms with Gasteiger partial charge in [-0.25, -0.2) is 0 Å². The van der Waals surface area contributed by atoms with Gasteiger partial charge in [0.15, 0.2) is 0 Å². The Balaban J connectivity index is 3.05. The molecule has 0 saturated carbocycles. The Morgan fingerprint density at radius 1 is 1.46 bits per heavy atom. The third kappa shape index (κ3) is 2.32. The van der Waals surface area contributed by atoms with Crippen LogP contribution in [0.2, 0.25) is 0 Å². The fourth-order valence-corrected chi connectivity index (χ4v) is 1.73. The number of nitrogens with two attached hydrogens (primary N) is 1. The smallest absolute Gasteiger partial charge is 0.0178 e. The lowest BCUT2D eigenvalue weighted by molar-refractivity contribution is 0.467. The van der Waals surface area contributed by atoms with Crippen molar-refractivity contribution in [3.8, 4) is 0 Å². The molecule has 0 saturated heterocycles. The van der Waals surface area contributed by atoms with Crippen molar-refractivity contribution in [1.29, 1.82) is 0 Å². The van der Waals surface area contributed by atoms with E-state index in [1.165, 1.54) is 5.56 Å². The minimum atomic E-state index is 0.115. The molecule has 0 fully saturated rings. The number of hydrogen-bond acceptors (Lipinski definition) is 1. The van der Waals surface area contributed by atoms with Crippen molar-refractivity contribution in [2.45, 2.75) is 25.7 Å². The molecule has 0 aliphatic heterocycles. The molecule has 1 aromatic carbocycles. The van der Waals surface area contributed by atoms with E-state index in [1.807, 2.05) is 6.07 Å². The van der Waals surface area contributed by atoms with Crippen molar-refractivity contribution in [3.63, 3.8) is 0 Å². The summed E-state index contributed by atoms with van der Waals surface area (Å²) >= 11 is 3.47. The van der Waals surface area contributed by atoms with Gasteiger partial charge in [0.05, 0.1) is 0 Å². The quantitative estimate of drug-likeness (QED) is 0.866. The highest BCUT2D eigenvalue weighted by molar-refractivity contribution is 9.10. The average Bonchev–Trinajstić information content (AvgIpc) is 2.17. The summed E-state index contributed by atoms with van der Waals surface area (Å²) in [6, 6.07) is 8.39. The molecule has 0 bridgehead atoms. The van der Waals surface area contributed by atoms with E-state index in [-0.39, 0.29) is 5.41 Å².